The van der Waals surface area contributed by atoms with Crippen LogP contribution in [0.1, 0.15) is 12.8 Å². The van der Waals surface area contributed by atoms with E-state index in [1.54, 1.807) is 6.07 Å². The Morgan fingerprint density at radius 2 is 2.04 bits per heavy atom. The van der Waals surface area contributed by atoms with Gasteiger partial charge in [-0.05, 0) is 48.9 Å². The molecule has 2 heterocycles. The maximum Gasteiger partial charge on any atom is 0.239 e. The van der Waals surface area contributed by atoms with Crippen molar-refractivity contribution in [2.45, 2.75) is 22.9 Å². The molecule has 2 aromatic heterocycles. The first-order chi connectivity index (χ1) is 12.6. The molecule has 4 rings (SSSR count). The first kappa shape index (κ1) is 16.8. The number of hydrogen-bond donors (Lipinski definition) is 2. The molecule has 0 atom stereocenters. The van der Waals surface area contributed by atoms with Crippen molar-refractivity contribution in [2.24, 2.45) is 5.92 Å². The molecule has 1 amide bonds. The van der Waals surface area contributed by atoms with E-state index in [4.69, 9.17) is 17.3 Å². The van der Waals surface area contributed by atoms with Crippen LogP contribution < -0.4 is 11.1 Å². The summed E-state index contributed by atoms with van der Waals surface area (Å²) in [6, 6.07) is 9.07. The minimum absolute atomic E-state index is 0.0836. The van der Waals surface area contributed by atoms with Crippen molar-refractivity contribution in [1.82, 2.24) is 24.7 Å². The summed E-state index contributed by atoms with van der Waals surface area (Å²) in [6.07, 6.45) is 3.41. The van der Waals surface area contributed by atoms with Crippen LogP contribution in [0.3, 0.4) is 0 Å². The maximum absolute atomic E-state index is 11.8. The van der Waals surface area contributed by atoms with Crippen LogP contribution in [-0.2, 0) is 4.79 Å². The summed E-state index contributed by atoms with van der Waals surface area (Å²) >= 11 is 7.44. The number of aromatic nitrogens is 5. The minimum Gasteiger partial charge on any atom is -0.366 e. The van der Waals surface area contributed by atoms with Gasteiger partial charge in [-0.3, -0.25) is 4.79 Å². The molecule has 1 aliphatic rings. The molecule has 1 fully saturated rings. The Balaban J connectivity index is 1.49. The zero-order valence-corrected chi connectivity index (χ0v) is 15.0. The first-order valence-corrected chi connectivity index (χ1v) is 9.07. The minimum atomic E-state index is 0.0836. The van der Waals surface area contributed by atoms with E-state index < -0.39 is 0 Å². The summed E-state index contributed by atoms with van der Waals surface area (Å²) in [7, 11) is 0. The molecule has 3 aromatic rings. The van der Waals surface area contributed by atoms with E-state index in [1.807, 2.05) is 24.3 Å². The van der Waals surface area contributed by atoms with Gasteiger partial charge >= 0.3 is 0 Å². The number of nitrogens with two attached hydrogens (primary N) is 1. The van der Waals surface area contributed by atoms with Crippen LogP contribution in [0.25, 0.3) is 5.82 Å². The molecular formula is C16H14ClN7OS. The zero-order chi connectivity index (χ0) is 18.1. The lowest BCUT2D eigenvalue weighted by atomic mass is 10.3. The third-order valence-electron chi connectivity index (χ3n) is 3.68. The standard InChI is InChI=1S/C16H14ClN7OS/c17-12-7-13(24-8-19-15(18)23-24)22-16(21-12)26-11-5-3-10(4-6-11)20-14(25)9-1-2-9/h3-9H,1-2H2,(H2,18,23)(H,20,25). The average molecular weight is 388 g/mol. The molecule has 0 spiro atoms. The molecule has 1 aromatic carbocycles. The van der Waals surface area contributed by atoms with Gasteiger partial charge in [0.15, 0.2) is 11.0 Å². The average Bonchev–Trinajstić information content (AvgIpc) is 3.37. The van der Waals surface area contributed by atoms with Gasteiger partial charge in [-0.15, -0.1) is 5.10 Å². The van der Waals surface area contributed by atoms with Crippen LogP contribution in [0, 0.1) is 5.92 Å². The van der Waals surface area contributed by atoms with Gasteiger partial charge < -0.3 is 11.1 Å². The lowest BCUT2D eigenvalue weighted by Gasteiger charge is -2.06. The number of nitrogens with one attached hydrogen (secondary N) is 1. The molecule has 1 saturated carbocycles. The Hall–Kier alpha value is -2.65. The highest BCUT2D eigenvalue weighted by Gasteiger charge is 2.29. The van der Waals surface area contributed by atoms with Gasteiger partial charge in [0.2, 0.25) is 11.9 Å². The topological polar surface area (TPSA) is 112 Å². The number of anilines is 2. The van der Waals surface area contributed by atoms with Crippen LogP contribution in [0.5, 0.6) is 0 Å². The Morgan fingerprint density at radius 3 is 2.69 bits per heavy atom. The molecule has 26 heavy (non-hydrogen) atoms. The van der Waals surface area contributed by atoms with Crippen molar-refractivity contribution in [1.29, 1.82) is 0 Å². The summed E-state index contributed by atoms with van der Waals surface area (Å²) in [5.74, 6) is 0.885. The number of hydrogen-bond acceptors (Lipinski definition) is 7. The fraction of sp³-hybridized carbons (Fsp3) is 0.188. The van der Waals surface area contributed by atoms with E-state index in [2.05, 4.69) is 25.4 Å². The van der Waals surface area contributed by atoms with Crippen molar-refractivity contribution in [3.05, 3.63) is 41.8 Å². The molecule has 132 valence electrons. The fourth-order valence-electron chi connectivity index (χ4n) is 2.24. The van der Waals surface area contributed by atoms with Crippen molar-refractivity contribution in [3.8, 4) is 5.82 Å². The van der Waals surface area contributed by atoms with Gasteiger partial charge in [0.05, 0.1) is 0 Å². The predicted molar refractivity (Wildman–Crippen MR) is 98.3 cm³/mol. The fourth-order valence-corrected chi connectivity index (χ4v) is 3.23. The van der Waals surface area contributed by atoms with Gasteiger partial charge in [0.25, 0.3) is 0 Å². The number of amides is 1. The lowest BCUT2D eigenvalue weighted by molar-refractivity contribution is -0.117. The monoisotopic (exact) mass is 387 g/mol. The third-order valence-corrected chi connectivity index (χ3v) is 4.75. The van der Waals surface area contributed by atoms with E-state index in [0.717, 1.165) is 23.4 Å². The van der Waals surface area contributed by atoms with E-state index in [9.17, 15) is 4.79 Å². The molecule has 3 N–H and O–H groups in total. The second kappa shape index (κ2) is 6.93. The van der Waals surface area contributed by atoms with Gasteiger partial charge in [0, 0.05) is 22.6 Å². The van der Waals surface area contributed by atoms with Crippen molar-refractivity contribution in [2.75, 3.05) is 11.1 Å². The second-order valence-corrected chi connectivity index (χ2v) is 7.20. The first-order valence-electron chi connectivity index (χ1n) is 7.88. The van der Waals surface area contributed by atoms with Crippen LogP contribution in [0.4, 0.5) is 11.6 Å². The summed E-state index contributed by atoms with van der Waals surface area (Å²) < 4.78 is 1.43. The Morgan fingerprint density at radius 1 is 1.27 bits per heavy atom. The van der Waals surface area contributed by atoms with Crippen molar-refractivity contribution >= 4 is 40.9 Å². The number of carbonyl (C=O) groups is 1. The molecule has 8 nitrogen and oxygen atoms in total. The molecule has 0 radical (unpaired) electrons. The van der Waals surface area contributed by atoms with E-state index in [-0.39, 0.29) is 17.8 Å². The quantitative estimate of drug-likeness (QED) is 0.511. The Bertz CT molecular complexity index is 955. The van der Waals surface area contributed by atoms with Crippen LogP contribution in [0.2, 0.25) is 5.15 Å². The lowest BCUT2D eigenvalue weighted by Crippen LogP contribution is -2.12. The summed E-state index contributed by atoms with van der Waals surface area (Å²) in [5.41, 5.74) is 6.31. The number of nitrogen functional groups attached to an aromatic ring is 1. The smallest absolute Gasteiger partial charge is 0.239 e. The van der Waals surface area contributed by atoms with Crippen LogP contribution in [-0.4, -0.2) is 30.6 Å². The zero-order valence-electron chi connectivity index (χ0n) is 13.5. The van der Waals surface area contributed by atoms with E-state index in [0.29, 0.717) is 16.1 Å². The molecule has 0 bridgehead atoms. The van der Waals surface area contributed by atoms with Gasteiger partial charge in [-0.1, -0.05) is 11.6 Å². The molecule has 1 aliphatic carbocycles. The summed E-state index contributed by atoms with van der Waals surface area (Å²) in [4.78, 5) is 25.2. The largest absolute Gasteiger partial charge is 0.366 e. The van der Waals surface area contributed by atoms with Crippen LogP contribution in [0.15, 0.2) is 46.7 Å². The molecular weight excluding hydrogens is 374 g/mol. The van der Waals surface area contributed by atoms with E-state index >= 15 is 0 Å². The van der Waals surface area contributed by atoms with Crippen molar-refractivity contribution in [3.63, 3.8) is 0 Å². The summed E-state index contributed by atoms with van der Waals surface area (Å²) in [5, 5.41) is 7.68. The number of halogens is 1. The number of benzene rings is 1. The third kappa shape index (κ3) is 3.94. The predicted octanol–water partition coefficient (Wildman–Crippen LogP) is 2.79. The van der Waals surface area contributed by atoms with Gasteiger partial charge in [-0.25, -0.2) is 19.6 Å². The number of nitrogens with zero attached hydrogens (tertiary/aromatic N) is 5. The SMILES string of the molecule is Nc1ncn(-c2cc(Cl)nc(Sc3ccc(NC(=O)C4CC4)cc3)n2)n1. The highest BCUT2D eigenvalue weighted by Crippen LogP contribution is 2.31. The normalized spacial score (nSPS) is 13.6. The second-order valence-electron chi connectivity index (χ2n) is 5.77. The van der Waals surface area contributed by atoms with Crippen LogP contribution >= 0.6 is 23.4 Å². The summed E-state index contributed by atoms with van der Waals surface area (Å²) in [6.45, 7) is 0. The Kier molecular flexibility index (Phi) is 4.48. The maximum atomic E-state index is 11.8. The van der Waals surface area contributed by atoms with E-state index in [1.165, 1.54) is 22.8 Å². The van der Waals surface area contributed by atoms with Gasteiger partial charge in [-0.2, -0.15) is 0 Å². The molecule has 0 unspecified atom stereocenters. The molecule has 0 aliphatic heterocycles. The van der Waals surface area contributed by atoms with Gasteiger partial charge in [0.1, 0.15) is 11.5 Å². The highest BCUT2D eigenvalue weighted by molar-refractivity contribution is 7.99. The van der Waals surface area contributed by atoms with Crippen molar-refractivity contribution < 1.29 is 4.79 Å². The molecule has 0 saturated heterocycles. The highest BCUT2D eigenvalue weighted by atomic mass is 35.5. The number of rotatable bonds is 5. The number of carbonyl (C=O) groups excluding carboxylic acids is 1. The molecule has 10 heteroatoms. The Labute approximate surface area is 158 Å².